The van der Waals surface area contributed by atoms with Crippen molar-refractivity contribution in [3.63, 3.8) is 0 Å². The van der Waals surface area contributed by atoms with Gasteiger partial charge in [0.1, 0.15) is 6.04 Å². The van der Waals surface area contributed by atoms with Gasteiger partial charge in [0.15, 0.2) is 5.78 Å². The molecule has 0 spiro atoms. The Balaban J connectivity index is 1.69. The number of fused-ring (bicyclic) bond motifs is 1. The van der Waals surface area contributed by atoms with Gasteiger partial charge in [0.25, 0.3) is 0 Å². The number of benzene rings is 2. The Morgan fingerprint density at radius 1 is 1.04 bits per heavy atom. The number of carbonyl (C=O) groups excluding carboxylic acids is 1. The van der Waals surface area contributed by atoms with Gasteiger partial charge < -0.3 is 10.1 Å². The molecule has 0 unspecified atom stereocenters. The van der Waals surface area contributed by atoms with Crippen LogP contribution >= 0.6 is 0 Å². The minimum atomic E-state index is -0.971. The Morgan fingerprint density at radius 3 is 2.50 bits per heavy atom. The van der Waals surface area contributed by atoms with E-state index in [-0.39, 0.29) is 12.3 Å². The molecule has 122 valence electrons. The summed E-state index contributed by atoms with van der Waals surface area (Å²) < 4.78 is 0. The van der Waals surface area contributed by atoms with Crippen LogP contribution in [0.25, 0.3) is 10.9 Å². The first-order chi connectivity index (χ1) is 11.6. The molecule has 0 fully saturated rings. The van der Waals surface area contributed by atoms with Crippen LogP contribution < -0.4 is 5.32 Å². The maximum absolute atomic E-state index is 12.1. The average molecular weight is 322 g/mol. The van der Waals surface area contributed by atoms with Crippen LogP contribution in [0.4, 0.5) is 0 Å². The number of carboxylic acid groups (broad SMARTS) is 1. The molecule has 0 aliphatic heterocycles. The highest BCUT2D eigenvalue weighted by atomic mass is 16.4. The summed E-state index contributed by atoms with van der Waals surface area (Å²) in [7, 11) is 0. The third kappa shape index (κ3) is 3.52. The lowest BCUT2D eigenvalue weighted by atomic mass is 10.0. The summed E-state index contributed by atoms with van der Waals surface area (Å²) in [5, 5.41) is 13.3. The van der Waals surface area contributed by atoms with Crippen molar-refractivity contribution in [2.45, 2.75) is 12.5 Å². The predicted octanol–water partition coefficient (Wildman–Crippen LogP) is 2.64. The number of para-hydroxylation sites is 1. The molecule has 5 nitrogen and oxygen atoms in total. The van der Waals surface area contributed by atoms with Crippen molar-refractivity contribution in [1.29, 1.82) is 0 Å². The maximum atomic E-state index is 12.1. The van der Waals surface area contributed by atoms with E-state index in [1.54, 1.807) is 24.3 Å². The number of hydrogen-bond acceptors (Lipinski definition) is 3. The van der Waals surface area contributed by atoms with Gasteiger partial charge in [-0.15, -0.1) is 0 Å². The minimum absolute atomic E-state index is 0.0106. The molecule has 0 amide bonds. The standard InChI is InChI=1S/C19H18N2O3/c22-18(13-6-2-1-3-7-13)12-21-17(19(23)24)10-14-11-20-16-9-5-4-8-15(14)16/h1-9,11,17,20-21H,10,12H2,(H,23,24)/t17-/m0/s1. The quantitative estimate of drug-likeness (QED) is 0.584. The fourth-order valence-electron chi connectivity index (χ4n) is 2.71. The highest BCUT2D eigenvalue weighted by Crippen LogP contribution is 2.19. The van der Waals surface area contributed by atoms with E-state index in [4.69, 9.17) is 0 Å². The number of carbonyl (C=O) groups is 2. The number of aliphatic carboxylic acids is 1. The summed E-state index contributed by atoms with van der Waals surface area (Å²) in [6, 6.07) is 15.8. The van der Waals surface area contributed by atoms with Crippen molar-refractivity contribution in [2.75, 3.05) is 6.54 Å². The number of hydrogen-bond donors (Lipinski definition) is 3. The molecule has 0 saturated carbocycles. The summed E-state index contributed by atoms with van der Waals surface area (Å²) >= 11 is 0. The van der Waals surface area contributed by atoms with E-state index >= 15 is 0 Å². The lowest BCUT2D eigenvalue weighted by Gasteiger charge is -2.13. The van der Waals surface area contributed by atoms with Crippen molar-refractivity contribution in [2.24, 2.45) is 0 Å². The Morgan fingerprint density at radius 2 is 1.75 bits per heavy atom. The van der Waals surface area contributed by atoms with E-state index in [1.165, 1.54) is 0 Å². The molecule has 0 aliphatic rings. The second-order valence-electron chi connectivity index (χ2n) is 5.62. The van der Waals surface area contributed by atoms with E-state index in [0.29, 0.717) is 12.0 Å². The van der Waals surface area contributed by atoms with Crippen molar-refractivity contribution >= 4 is 22.7 Å². The number of ketones is 1. The van der Waals surface area contributed by atoms with Crippen LogP contribution in [0, 0.1) is 0 Å². The lowest BCUT2D eigenvalue weighted by Crippen LogP contribution is -2.41. The third-order valence-electron chi connectivity index (χ3n) is 4.00. The van der Waals surface area contributed by atoms with E-state index < -0.39 is 12.0 Å². The predicted molar refractivity (Wildman–Crippen MR) is 92.2 cm³/mol. The van der Waals surface area contributed by atoms with Gasteiger partial charge in [-0.1, -0.05) is 48.5 Å². The van der Waals surface area contributed by atoms with Gasteiger partial charge in [-0.25, -0.2) is 0 Å². The molecule has 0 bridgehead atoms. The van der Waals surface area contributed by atoms with E-state index in [1.807, 2.05) is 36.5 Å². The molecule has 0 aliphatic carbocycles. The Kier molecular flexibility index (Phi) is 4.72. The normalized spacial score (nSPS) is 12.2. The first-order valence-electron chi connectivity index (χ1n) is 7.74. The zero-order valence-electron chi connectivity index (χ0n) is 13.0. The molecule has 0 radical (unpaired) electrons. The number of H-pyrrole nitrogens is 1. The molecule has 3 rings (SSSR count). The van der Waals surface area contributed by atoms with Crippen LogP contribution in [-0.2, 0) is 11.2 Å². The number of Topliss-reactive ketones (excluding diaryl/α,β-unsaturated/α-hetero) is 1. The molecule has 1 heterocycles. The SMILES string of the molecule is O=C(CN[C@@H](Cc1c[nH]c2ccccc12)C(=O)O)c1ccccc1. The lowest BCUT2D eigenvalue weighted by molar-refractivity contribution is -0.139. The van der Waals surface area contributed by atoms with Gasteiger partial charge in [0.05, 0.1) is 6.54 Å². The van der Waals surface area contributed by atoms with E-state index in [9.17, 15) is 14.7 Å². The van der Waals surface area contributed by atoms with Crippen LogP contribution in [0.3, 0.4) is 0 Å². The third-order valence-corrected chi connectivity index (χ3v) is 4.00. The first kappa shape index (κ1) is 16.0. The maximum Gasteiger partial charge on any atom is 0.321 e. The second-order valence-corrected chi connectivity index (χ2v) is 5.62. The van der Waals surface area contributed by atoms with E-state index in [2.05, 4.69) is 10.3 Å². The van der Waals surface area contributed by atoms with Crippen molar-refractivity contribution in [1.82, 2.24) is 10.3 Å². The monoisotopic (exact) mass is 322 g/mol. The van der Waals surface area contributed by atoms with Gasteiger partial charge in [-0.2, -0.15) is 0 Å². The molecule has 1 atom stereocenters. The Hall–Kier alpha value is -2.92. The van der Waals surface area contributed by atoms with E-state index in [0.717, 1.165) is 16.5 Å². The molecular formula is C19H18N2O3. The van der Waals surface area contributed by atoms with Crippen LogP contribution in [-0.4, -0.2) is 34.4 Å². The minimum Gasteiger partial charge on any atom is -0.480 e. The molecule has 1 aromatic heterocycles. The topological polar surface area (TPSA) is 82.2 Å². The molecule has 0 saturated heterocycles. The molecular weight excluding hydrogens is 304 g/mol. The summed E-state index contributed by atoms with van der Waals surface area (Å²) in [5.74, 6) is -1.10. The van der Waals surface area contributed by atoms with Crippen molar-refractivity contribution < 1.29 is 14.7 Å². The van der Waals surface area contributed by atoms with Gasteiger partial charge in [-0.05, 0) is 11.6 Å². The molecule has 24 heavy (non-hydrogen) atoms. The summed E-state index contributed by atoms with van der Waals surface area (Å²) in [4.78, 5) is 26.8. The summed E-state index contributed by atoms with van der Waals surface area (Å²) in [6.07, 6.45) is 2.13. The molecule has 2 aromatic carbocycles. The van der Waals surface area contributed by atoms with Crippen LogP contribution in [0.15, 0.2) is 60.8 Å². The molecule has 5 heteroatoms. The van der Waals surface area contributed by atoms with Crippen LogP contribution in [0.5, 0.6) is 0 Å². The van der Waals surface area contributed by atoms with Gasteiger partial charge in [-0.3, -0.25) is 14.9 Å². The first-order valence-corrected chi connectivity index (χ1v) is 7.74. The molecule has 3 N–H and O–H groups in total. The smallest absolute Gasteiger partial charge is 0.321 e. The van der Waals surface area contributed by atoms with Crippen LogP contribution in [0.2, 0.25) is 0 Å². The number of aromatic amines is 1. The fourth-order valence-corrected chi connectivity index (χ4v) is 2.71. The largest absolute Gasteiger partial charge is 0.480 e. The fraction of sp³-hybridized carbons (Fsp3) is 0.158. The molecule has 3 aromatic rings. The Bertz CT molecular complexity index is 855. The van der Waals surface area contributed by atoms with Gasteiger partial charge in [0, 0.05) is 29.1 Å². The van der Waals surface area contributed by atoms with Gasteiger partial charge >= 0.3 is 5.97 Å². The average Bonchev–Trinajstić information content (AvgIpc) is 3.02. The zero-order valence-corrected chi connectivity index (χ0v) is 13.0. The van der Waals surface area contributed by atoms with Crippen LogP contribution in [0.1, 0.15) is 15.9 Å². The Labute approximate surface area is 139 Å². The van der Waals surface area contributed by atoms with Crippen molar-refractivity contribution in [3.05, 3.63) is 71.9 Å². The number of rotatable bonds is 7. The highest BCUT2D eigenvalue weighted by Gasteiger charge is 2.20. The number of carboxylic acids is 1. The second kappa shape index (κ2) is 7.10. The summed E-state index contributed by atoms with van der Waals surface area (Å²) in [5.41, 5.74) is 2.45. The zero-order chi connectivity index (χ0) is 16.9. The van der Waals surface area contributed by atoms with Gasteiger partial charge in [0.2, 0.25) is 0 Å². The van der Waals surface area contributed by atoms with Crippen molar-refractivity contribution in [3.8, 4) is 0 Å². The number of nitrogens with one attached hydrogen (secondary N) is 2. The summed E-state index contributed by atoms with van der Waals surface area (Å²) in [6.45, 7) is -0.0106. The number of aromatic nitrogens is 1. The highest BCUT2D eigenvalue weighted by molar-refractivity contribution is 5.97.